The highest BCUT2D eigenvalue weighted by Crippen LogP contribution is 2.18. The third kappa shape index (κ3) is 4.81. The Morgan fingerprint density at radius 1 is 0.920 bits per heavy atom. The van der Waals surface area contributed by atoms with Gasteiger partial charge in [-0.15, -0.1) is 0 Å². The van der Waals surface area contributed by atoms with Crippen LogP contribution in [0.5, 0.6) is 5.75 Å². The van der Waals surface area contributed by atoms with Crippen LogP contribution < -0.4 is 10.1 Å². The molecule has 0 aliphatic carbocycles. The van der Waals surface area contributed by atoms with Crippen LogP contribution in [0.1, 0.15) is 44.4 Å². The molecule has 25 heavy (non-hydrogen) atoms. The molecular weight excluding hydrogens is 326 g/mol. The Bertz CT molecular complexity index is 765. The number of carbonyl (C=O) groups is 3. The minimum Gasteiger partial charge on any atom is -0.494 e. The Morgan fingerprint density at radius 3 is 1.96 bits per heavy atom. The van der Waals surface area contributed by atoms with Gasteiger partial charge in [0.1, 0.15) is 5.75 Å². The van der Waals surface area contributed by atoms with Crippen molar-refractivity contribution in [2.24, 2.45) is 0 Å². The van der Waals surface area contributed by atoms with Crippen molar-refractivity contribution in [3.8, 4) is 5.75 Å². The molecule has 2 aromatic rings. The largest absolute Gasteiger partial charge is 0.494 e. The van der Waals surface area contributed by atoms with Gasteiger partial charge < -0.3 is 20.3 Å². The van der Waals surface area contributed by atoms with Crippen molar-refractivity contribution in [2.75, 3.05) is 11.9 Å². The molecule has 0 unspecified atom stereocenters. The number of ether oxygens (including phenoxy) is 1. The molecule has 0 aliphatic heterocycles. The molecule has 0 spiro atoms. The van der Waals surface area contributed by atoms with Crippen molar-refractivity contribution >= 4 is 23.5 Å². The van der Waals surface area contributed by atoms with Gasteiger partial charge in [-0.1, -0.05) is 6.92 Å². The lowest BCUT2D eigenvalue weighted by atomic mass is 10.1. The molecule has 7 nitrogen and oxygen atoms in total. The summed E-state index contributed by atoms with van der Waals surface area (Å²) in [5.41, 5.74) is -0.0212. The third-order valence-corrected chi connectivity index (χ3v) is 3.27. The Morgan fingerprint density at radius 2 is 1.48 bits per heavy atom. The molecule has 7 heteroatoms. The van der Waals surface area contributed by atoms with E-state index >= 15 is 0 Å². The molecule has 3 N–H and O–H groups in total. The maximum Gasteiger partial charge on any atom is 0.335 e. The van der Waals surface area contributed by atoms with Gasteiger partial charge in [0, 0.05) is 11.3 Å². The number of benzene rings is 2. The summed E-state index contributed by atoms with van der Waals surface area (Å²) in [5, 5.41) is 20.6. The second-order valence-electron chi connectivity index (χ2n) is 5.24. The monoisotopic (exact) mass is 343 g/mol. The van der Waals surface area contributed by atoms with Gasteiger partial charge >= 0.3 is 11.9 Å². The fraction of sp³-hybridized carbons (Fsp3) is 0.167. The van der Waals surface area contributed by atoms with Gasteiger partial charge in [0.25, 0.3) is 5.91 Å². The smallest absolute Gasteiger partial charge is 0.335 e. The van der Waals surface area contributed by atoms with Crippen LogP contribution in [0.4, 0.5) is 5.69 Å². The first-order chi connectivity index (χ1) is 11.9. The summed E-state index contributed by atoms with van der Waals surface area (Å²) >= 11 is 0. The van der Waals surface area contributed by atoms with Crippen molar-refractivity contribution in [1.82, 2.24) is 0 Å². The van der Waals surface area contributed by atoms with Crippen molar-refractivity contribution in [2.45, 2.75) is 13.3 Å². The zero-order valence-electron chi connectivity index (χ0n) is 13.5. The lowest BCUT2D eigenvalue weighted by molar-refractivity contribution is 0.0696. The maximum atomic E-state index is 12.3. The van der Waals surface area contributed by atoms with Crippen molar-refractivity contribution in [1.29, 1.82) is 0 Å². The first kappa shape index (κ1) is 18.0. The zero-order valence-corrected chi connectivity index (χ0v) is 13.5. The topological polar surface area (TPSA) is 113 Å². The minimum absolute atomic E-state index is 0.0913. The highest BCUT2D eigenvalue weighted by atomic mass is 16.5. The SMILES string of the molecule is CCCOc1ccc(C(=O)Nc2cc(C(=O)O)cc(C(=O)O)c2)cc1. The number of hydrogen-bond acceptors (Lipinski definition) is 4. The number of hydrogen-bond donors (Lipinski definition) is 3. The molecular formula is C18H17NO6. The van der Waals surface area contributed by atoms with Gasteiger partial charge in [0.15, 0.2) is 0 Å². The van der Waals surface area contributed by atoms with Crippen molar-refractivity contribution < 1.29 is 29.3 Å². The van der Waals surface area contributed by atoms with Crippen LogP contribution in [0, 0.1) is 0 Å². The van der Waals surface area contributed by atoms with Crippen LogP contribution in [0.15, 0.2) is 42.5 Å². The average molecular weight is 343 g/mol. The molecule has 2 aromatic carbocycles. The normalized spacial score (nSPS) is 10.1. The molecule has 1 amide bonds. The summed E-state index contributed by atoms with van der Waals surface area (Å²) in [6.45, 7) is 2.56. The van der Waals surface area contributed by atoms with E-state index < -0.39 is 17.8 Å². The van der Waals surface area contributed by atoms with Gasteiger partial charge in [-0.2, -0.15) is 0 Å². The van der Waals surface area contributed by atoms with E-state index in [0.29, 0.717) is 17.9 Å². The van der Waals surface area contributed by atoms with Crippen LogP contribution in [-0.4, -0.2) is 34.7 Å². The molecule has 0 saturated carbocycles. The Kier molecular flexibility index (Phi) is 5.73. The fourth-order valence-corrected chi connectivity index (χ4v) is 2.07. The van der Waals surface area contributed by atoms with Gasteiger partial charge in [0.2, 0.25) is 0 Å². The molecule has 0 saturated heterocycles. The highest BCUT2D eigenvalue weighted by molar-refractivity contribution is 6.05. The standard InChI is InChI=1S/C18H17NO6/c1-2-7-25-15-5-3-11(4-6-15)16(20)19-14-9-12(17(21)22)8-13(10-14)18(23)24/h3-6,8-10H,2,7H2,1H3,(H,19,20)(H,21,22)(H,23,24). The number of aromatic carboxylic acids is 2. The van der Waals surface area contributed by atoms with Gasteiger partial charge in [-0.05, 0) is 48.9 Å². The summed E-state index contributed by atoms with van der Waals surface area (Å²) in [5.74, 6) is -2.41. The van der Waals surface area contributed by atoms with E-state index in [-0.39, 0.29) is 16.8 Å². The molecule has 0 bridgehead atoms. The van der Waals surface area contributed by atoms with Crippen LogP contribution in [-0.2, 0) is 0 Å². The van der Waals surface area contributed by atoms with Gasteiger partial charge in [-0.3, -0.25) is 4.79 Å². The van der Waals surface area contributed by atoms with Gasteiger partial charge in [0.05, 0.1) is 17.7 Å². The first-order valence-electron chi connectivity index (χ1n) is 7.56. The molecule has 0 atom stereocenters. The van der Waals surface area contributed by atoms with Gasteiger partial charge in [-0.25, -0.2) is 9.59 Å². The van der Waals surface area contributed by atoms with Crippen LogP contribution in [0.25, 0.3) is 0 Å². The molecule has 0 heterocycles. The zero-order chi connectivity index (χ0) is 18.4. The van der Waals surface area contributed by atoms with Crippen LogP contribution in [0.2, 0.25) is 0 Å². The van der Waals surface area contributed by atoms with E-state index in [4.69, 9.17) is 14.9 Å². The number of carboxylic acid groups (broad SMARTS) is 2. The quantitative estimate of drug-likeness (QED) is 0.712. The molecule has 0 fully saturated rings. The second-order valence-corrected chi connectivity index (χ2v) is 5.24. The fourth-order valence-electron chi connectivity index (χ4n) is 2.07. The molecule has 2 rings (SSSR count). The van der Waals surface area contributed by atoms with E-state index in [0.717, 1.165) is 12.5 Å². The number of amides is 1. The summed E-state index contributed by atoms with van der Waals surface area (Å²) in [6, 6.07) is 9.87. The molecule has 0 aliphatic rings. The summed E-state index contributed by atoms with van der Waals surface area (Å²) in [7, 11) is 0. The average Bonchev–Trinajstić information content (AvgIpc) is 2.59. The summed E-state index contributed by atoms with van der Waals surface area (Å²) in [4.78, 5) is 34.4. The Labute approximate surface area is 143 Å². The van der Waals surface area contributed by atoms with Crippen molar-refractivity contribution in [3.05, 3.63) is 59.2 Å². The maximum absolute atomic E-state index is 12.3. The predicted octanol–water partition coefficient (Wildman–Crippen LogP) is 3.12. The third-order valence-electron chi connectivity index (χ3n) is 3.27. The molecule has 0 aromatic heterocycles. The number of anilines is 1. The van der Waals surface area contributed by atoms with Crippen LogP contribution >= 0.6 is 0 Å². The number of rotatable bonds is 7. The minimum atomic E-state index is -1.28. The predicted molar refractivity (Wildman–Crippen MR) is 90.5 cm³/mol. The van der Waals surface area contributed by atoms with E-state index in [9.17, 15) is 14.4 Å². The van der Waals surface area contributed by atoms with E-state index in [1.54, 1.807) is 24.3 Å². The number of nitrogens with one attached hydrogen (secondary N) is 1. The summed E-state index contributed by atoms with van der Waals surface area (Å²) < 4.78 is 5.43. The van der Waals surface area contributed by atoms with E-state index in [2.05, 4.69) is 5.32 Å². The van der Waals surface area contributed by atoms with E-state index in [1.165, 1.54) is 12.1 Å². The van der Waals surface area contributed by atoms with Crippen molar-refractivity contribution in [3.63, 3.8) is 0 Å². The molecule has 0 radical (unpaired) electrons. The highest BCUT2D eigenvalue weighted by Gasteiger charge is 2.13. The first-order valence-corrected chi connectivity index (χ1v) is 7.56. The molecule has 130 valence electrons. The van der Waals surface area contributed by atoms with Crippen LogP contribution in [0.3, 0.4) is 0 Å². The van der Waals surface area contributed by atoms with E-state index in [1.807, 2.05) is 6.92 Å². The number of carbonyl (C=O) groups excluding carboxylic acids is 1. The Balaban J connectivity index is 2.19. The number of carboxylic acids is 2. The second kappa shape index (κ2) is 7.96. The lowest BCUT2D eigenvalue weighted by Gasteiger charge is -2.09. The Hall–Kier alpha value is -3.35. The lowest BCUT2D eigenvalue weighted by Crippen LogP contribution is -2.13. The summed E-state index contributed by atoms with van der Waals surface area (Å²) in [6.07, 6.45) is 0.869.